The minimum atomic E-state index is -0.881. The van der Waals surface area contributed by atoms with Gasteiger partial charge in [0, 0.05) is 60.6 Å². The number of rotatable bonds is 8. The van der Waals surface area contributed by atoms with E-state index in [9.17, 15) is 9.90 Å². The van der Waals surface area contributed by atoms with E-state index in [1.54, 1.807) is 12.3 Å². The summed E-state index contributed by atoms with van der Waals surface area (Å²) in [6.07, 6.45) is 7.92. The third kappa shape index (κ3) is 5.18. The molecule has 6 rings (SSSR count). The Morgan fingerprint density at radius 3 is 2.65 bits per heavy atom. The van der Waals surface area contributed by atoms with Crippen LogP contribution in [0.1, 0.15) is 59.6 Å². The number of hydrogen-bond acceptors (Lipinski definition) is 5. The number of carboxylic acids is 1. The number of aromatic nitrogens is 2. The maximum Gasteiger partial charge on any atom is 0.335 e. The zero-order valence-corrected chi connectivity index (χ0v) is 23.5. The monoisotopic (exact) mass is 538 g/mol. The van der Waals surface area contributed by atoms with Crippen LogP contribution in [0.2, 0.25) is 0 Å². The fraction of sp³-hybridized carbons (Fsp3) is 0.394. The molecule has 0 spiro atoms. The van der Waals surface area contributed by atoms with Crippen molar-refractivity contribution in [3.05, 3.63) is 77.6 Å². The van der Waals surface area contributed by atoms with Gasteiger partial charge in [0.15, 0.2) is 0 Å². The van der Waals surface area contributed by atoms with Gasteiger partial charge in [-0.3, -0.25) is 4.98 Å². The van der Waals surface area contributed by atoms with Crippen LogP contribution in [-0.4, -0.2) is 59.3 Å². The molecule has 1 aliphatic carbocycles. The number of carboxylic acid groups (broad SMARTS) is 1. The van der Waals surface area contributed by atoms with E-state index in [1.165, 1.54) is 60.0 Å². The lowest BCUT2D eigenvalue weighted by atomic mass is 9.81. The molecule has 1 fully saturated rings. The predicted molar refractivity (Wildman–Crippen MR) is 159 cm³/mol. The molecule has 7 nitrogen and oxygen atoms in total. The Hall–Kier alpha value is -3.84. The second-order valence-electron chi connectivity index (χ2n) is 11.4. The van der Waals surface area contributed by atoms with Crippen LogP contribution in [0.25, 0.3) is 22.2 Å². The molecule has 1 aliphatic heterocycles. The summed E-state index contributed by atoms with van der Waals surface area (Å²) in [5.41, 5.74) is 7.30. The average Bonchev–Trinajstić information content (AvgIpc) is 3.21. The zero-order valence-electron chi connectivity index (χ0n) is 23.5. The van der Waals surface area contributed by atoms with Crippen LogP contribution in [0.5, 0.6) is 5.75 Å². The lowest BCUT2D eigenvalue weighted by Crippen LogP contribution is -2.33. The quantitative estimate of drug-likeness (QED) is 0.280. The first-order valence-electron chi connectivity index (χ1n) is 14.5. The highest BCUT2D eigenvalue weighted by atomic mass is 16.5. The van der Waals surface area contributed by atoms with Crippen molar-refractivity contribution < 1.29 is 14.6 Å². The molecule has 208 valence electrons. The zero-order chi connectivity index (χ0) is 27.6. The molecule has 0 radical (unpaired) electrons. The molecule has 4 aromatic rings. The number of aromatic carboxylic acids is 1. The Kier molecular flexibility index (Phi) is 7.48. The number of ether oxygens (including phenoxy) is 1. The number of fused-ring (bicyclic) bond motifs is 5. The van der Waals surface area contributed by atoms with Crippen molar-refractivity contribution in [2.75, 3.05) is 38.6 Å². The molecule has 0 atom stereocenters. The van der Waals surface area contributed by atoms with E-state index in [1.807, 2.05) is 24.3 Å². The van der Waals surface area contributed by atoms with Crippen LogP contribution >= 0.6 is 0 Å². The number of pyridine rings is 1. The number of carbonyl (C=O) groups is 1. The molecule has 0 unspecified atom stereocenters. The fourth-order valence-corrected chi connectivity index (χ4v) is 6.43. The molecule has 1 N–H and O–H groups in total. The molecule has 0 saturated heterocycles. The van der Waals surface area contributed by atoms with Crippen molar-refractivity contribution in [1.29, 1.82) is 0 Å². The maximum absolute atomic E-state index is 11.9. The number of anilines is 1. The lowest BCUT2D eigenvalue weighted by molar-refractivity contribution is 0.0697. The molecule has 3 heterocycles. The minimum Gasteiger partial charge on any atom is -0.487 e. The second kappa shape index (κ2) is 11.3. The fourth-order valence-electron chi connectivity index (χ4n) is 6.43. The summed E-state index contributed by atoms with van der Waals surface area (Å²) in [6, 6.07) is 18.1. The lowest BCUT2D eigenvalue weighted by Gasteiger charge is -2.27. The van der Waals surface area contributed by atoms with E-state index in [0.717, 1.165) is 43.1 Å². The summed E-state index contributed by atoms with van der Waals surface area (Å²) < 4.78 is 8.63. The number of hydrogen-bond donors (Lipinski definition) is 1. The number of benzene rings is 2. The van der Waals surface area contributed by atoms with Crippen molar-refractivity contribution in [3.63, 3.8) is 0 Å². The molecular weight excluding hydrogens is 500 g/mol. The Labute approximate surface area is 236 Å². The number of nitrogens with zero attached hydrogens (tertiary/aromatic N) is 4. The summed E-state index contributed by atoms with van der Waals surface area (Å²) in [5, 5.41) is 11.0. The molecule has 7 heteroatoms. The van der Waals surface area contributed by atoms with Crippen molar-refractivity contribution in [1.82, 2.24) is 14.5 Å². The first-order chi connectivity index (χ1) is 19.5. The first-order valence-corrected chi connectivity index (χ1v) is 14.5. The molecule has 0 bridgehead atoms. The average molecular weight is 539 g/mol. The SMILES string of the molecule is CN(C)CCN1CCn2c(c(C3CCCCC3)c3ccc(C(=O)O)cc32)-c2ccc(OCc3ccccn3)cc21. The summed E-state index contributed by atoms with van der Waals surface area (Å²) in [5.74, 6) is 0.425. The van der Waals surface area contributed by atoms with E-state index >= 15 is 0 Å². The third-order valence-electron chi connectivity index (χ3n) is 8.45. The predicted octanol–water partition coefficient (Wildman–Crippen LogP) is 6.41. The Balaban J connectivity index is 1.50. The van der Waals surface area contributed by atoms with Crippen LogP contribution in [0.4, 0.5) is 5.69 Å². The van der Waals surface area contributed by atoms with Gasteiger partial charge in [0.1, 0.15) is 12.4 Å². The van der Waals surface area contributed by atoms with Gasteiger partial charge < -0.3 is 24.2 Å². The van der Waals surface area contributed by atoms with Gasteiger partial charge in [0.2, 0.25) is 0 Å². The van der Waals surface area contributed by atoms with Crippen molar-refractivity contribution >= 4 is 22.6 Å². The Morgan fingerprint density at radius 1 is 1.05 bits per heavy atom. The highest BCUT2D eigenvalue weighted by Gasteiger charge is 2.31. The molecule has 40 heavy (non-hydrogen) atoms. The Bertz CT molecular complexity index is 1510. The molecule has 0 amide bonds. The molecule has 2 aromatic heterocycles. The van der Waals surface area contributed by atoms with Crippen LogP contribution in [-0.2, 0) is 13.2 Å². The summed E-state index contributed by atoms with van der Waals surface area (Å²) >= 11 is 0. The van der Waals surface area contributed by atoms with Crippen LogP contribution in [0.3, 0.4) is 0 Å². The van der Waals surface area contributed by atoms with Crippen molar-refractivity contribution in [2.45, 2.75) is 51.2 Å². The van der Waals surface area contributed by atoms with Crippen molar-refractivity contribution in [3.8, 4) is 17.0 Å². The topological polar surface area (TPSA) is 70.8 Å². The molecule has 1 saturated carbocycles. The molecular formula is C33H38N4O3. The van der Waals surface area contributed by atoms with Crippen LogP contribution in [0, 0.1) is 0 Å². The highest BCUT2D eigenvalue weighted by molar-refractivity contribution is 5.99. The van der Waals surface area contributed by atoms with Gasteiger partial charge in [-0.25, -0.2) is 4.79 Å². The normalized spacial score (nSPS) is 15.6. The van der Waals surface area contributed by atoms with E-state index in [0.29, 0.717) is 18.1 Å². The first kappa shape index (κ1) is 26.4. The molecule has 2 aromatic carbocycles. The summed E-state index contributed by atoms with van der Waals surface area (Å²) in [4.78, 5) is 21.0. The standard InChI is InChI=1S/C33H38N4O3/c1-35(2)16-17-36-18-19-37-30-20-24(33(38)39)11-13-27(30)31(23-8-4-3-5-9-23)32(37)28-14-12-26(21-29(28)36)40-22-25-10-6-7-15-34-25/h6-7,10-15,20-21,23H,3-5,8-9,16-19,22H2,1-2H3,(H,38,39). The largest absolute Gasteiger partial charge is 0.487 e. The Morgan fingerprint density at radius 2 is 1.90 bits per heavy atom. The van der Waals surface area contributed by atoms with Crippen LogP contribution < -0.4 is 9.64 Å². The van der Waals surface area contributed by atoms with E-state index in [4.69, 9.17) is 4.74 Å². The van der Waals surface area contributed by atoms with Gasteiger partial charge in [0.25, 0.3) is 0 Å². The minimum absolute atomic E-state index is 0.343. The maximum atomic E-state index is 11.9. The van der Waals surface area contributed by atoms with Gasteiger partial charge in [-0.2, -0.15) is 0 Å². The van der Waals surface area contributed by atoms with Gasteiger partial charge in [-0.05, 0) is 74.8 Å². The van der Waals surface area contributed by atoms with Crippen LogP contribution in [0.15, 0.2) is 60.8 Å². The van der Waals surface area contributed by atoms with E-state index < -0.39 is 5.97 Å². The van der Waals surface area contributed by atoms with Gasteiger partial charge in [-0.1, -0.05) is 31.4 Å². The second-order valence-corrected chi connectivity index (χ2v) is 11.4. The van der Waals surface area contributed by atoms with Gasteiger partial charge in [-0.15, -0.1) is 0 Å². The number of likely N-dealkylation sites (N-methyl/N-ethyl adjacent to an activating group) is 1. The van der Waals surface area contributed by atoms with Gasteiger partial charge in [0.05, 0.1) is 17.0 Å². The summed E-state index contributed by atoms with van der Waals surface area (Å²) in [6.45, 7) is 3.89. The van der Waals surface area contributed by atoms with E-state index in [-0.39, 0.29) is 0 Å². The van der Waals surface area contributed by atoms with E-state index in [2.05, 4.69) is 57.7 Å². The summed E-state index contributed by atoms with van der Waals surface area (Å²) in [7, 11) is 4.22. The van der Waals surface area contributed by atoms with Crippen molar-refractivity contribution in [2.24, 2.45) is 0 Å². The highest BCUT2D eigenvalue weighted by Crippen LogP contribution is 2.48. The van der Waals surface area contributed by atoms with Gasteiger partial charge >= 0.3 is 5.97 Å². The molecule has 2 aliphatic rings. The third-order valence-corrected chi connectivity index (χ3v) is 8.45. The smallest absolute Gasteiger partial charge is 0.335 e.